The summed E-state index contributed by atoms with van der Waals surface area (Å²) in [6, 6.07) is 2.13. The molecule has 16 heavy (non-hydrogen) atoms. The van der Waals surface area contributed by atoms with Gasteiger partial charge < -0.3 is 9.64 Å². The van der Waals surface area contributed by atoms with Crippen LogP contribution < -0.4 is 4.90 Å². The summed E-state index contributed by atoms with van der Waals surface area (Å²) in [7, 11) is 0. The summed E-state index contributed by atoms with van der Waals surface area (Å²) in [5.74, 6) is 1.05. The lowest BCUT2D eigenvalue weighted by atomic mass is 10.2. The van der Waals surface area contributed by atoms with E-state index in [0.717, 1.165) is 36.4 Å². The molecular weight excluding hydrogens is 268 g/mol. The molecule has 3 nitrogen and oxygen atoms in total. The molecule has 2 heterocycles. The van der Waals surface area contributed by atoms with E-state index in [1.54, 1.807) is 0 Å². The van der Waals surface area contributed by atoms with Gasteiger partial charge in [-0.1, -0.05) is 0 Å². The van der Waals surface area contributed by atoms with Crippen molar-refractivity contribution < 1.29 is 4.74 Å². The third-order valence-corrected chi connectivity index (χ3v) is 3.64. The minimum Gasteiger partial charge on any atom is -0.377 e. The molecule has 0 N–H and O–H groups in total. The molecule has 1 fully saturated rings. The molecule has 2 rings (SSSR count). The molecule has 0 aliphatic carbocycles. The lowest BCUT2D eigenvalue weighted by molar-refractivity contribution is 0.0820. The summed E-state index contributed by atoms with van der Waals surface area (Å²) in [6.45, 7) is 7.01. The molecule has 1 aliphatic rings. The molecule has 1 atom stereocenters. The minimum absolute atomic E-state index is 0.285. The van der Waals surface area contributed by atoms with Gasteiger partial charge in [-0.2, -0.15) is 0 Å². The van der Waals surface area contributed by atoms with Crippen molar-refractivity contribution in [3.05, 3.63) is 22.3 Å². The van der Waals surface area contributed by atoms with E-state index in [2.05, 4.69) is 45.7 Å². The second kappa shape index (κ2) is 5.15. The van der Waals surface area contributed by atoms with Crippen LogP contribution in [0.3, 0.4) is 0 Å². The number of ether oxygens (including phenoxy) is 1. The SMILES string of the molecule is Cc1cc(N2CCCOC(C)C2)ncc1Br. The lowest BCUT2D eigenvalue weighted by Gasteiger charge is -2.23. The molecule has 0 amide bonds. The number of pyridine rings is 1. The maximum Gasteiger partial charge on any atom is 0.128 e. The van der Waals surface area contributed by atoms with Gasteiger partial charge in [0.25, 0.3) is 0 Å². The Labute approximate surface area is 105 Å². The van der Waals surface area contributed by atoms with E-state index in [0.29, 0.717) is 0 Å². The molecule has 1 aliphatic heterocycles. The van der Waals surface area contributed by atoms with E-state index in [1.165, 1.54) is 5.56 Å². The first-order valence-corrected chi connectivity index (χ1v) is 6.45. The first-order valence-electron chi connectivity index (χ1n) is 5.65. The largest absolute Gasteiger partial charge is 0.377 e. The quantitative estimate of drug-likeness (QED) is 0.793. The average molecular weight is 285 g/mol. The summed E-state index contributed by atoms with van der Waals surface area (Å²) in [5.41, 5.74) is 1.22. The Morgan fingerprint density at radius 2 is 2.38 bits per heavy atom. The van der Waals surface area contributed by atoms with Crippen LogP contribution in [0.25, 0.3) is 0 Å². The molecule has 0 bridgehead atoms. The third-order valence-electron chi connectivity index (χ3n) is 2.81. The molecule has 88 valence electrons. The maximum atomic E-state index is 5.63. The molecular formula is C12H17BrN2O. The van der Waals surface area contributed by atoms with Crippen LogP contribution in [0.15, 0.2) is 16.7 Å². The van der Waals surface area contributed by atoms with Crippen molar-refractivity contribution in [3.63, 3.8) is 0 Å². The Morgan fingerprint density at radius 1 is 1.56 bits per heavy atom. The van der Waals surface area contributed by atoms with Gasteiger partial charge in [0, 0.05) is 30.4 Å². The van der Waals surface area contributed by atoms with Crippen LogP contribution >= 0.6 is 15.9 Å². The third kappa shape index (κ3) is 2.74. The highest BCUT2D eigenvalue weighted by molar-refractivity contribution is 9.10. The van der Waals surface area contributed by atoms with Gasteiger partial charge >= 0.3 is 0 Å². The van der Waals surface area contributed by atoms with Crippen molar-refractivity contribution in [2.45, 2.75) is 26.4 Å². The standard InChI is InChI=1S/C12H17BrN2O/c1-9-6-12(14-7-11(9)13)15-4-3-5-16-10(2)8-15/h6-7,10H,3-5,8H2,1-2H3. The zero-order valence-corrected chi connectivity index (χ0v) is 11.3. The topological polar surface area (TPSA) is 25.4 Å². The molecule has 4 heteroatoms. The lowest BCUT2D eigenvalue weighted by Crippen LogP contribution is -2.30. The van der Waals surface area contributed by atoms with Crippen LogP contribution in [0.2, 0.25) is 0 Å². The fourth-order valence-corrected chi connectivity index (χ4v) is 2.12. The van der Waals surface area contributed by atoms with Crippen molar-refractivity contribution in [3.8, 4) is 0 Å². The van der Waals surface area contributed by atoms with E-state index in [-0.39, 0.29) is 6.10 Å². The van der Waals surface area contributed by atoms with Crippen molar-refractivity contribution >= 4 is 21.7 Å². The van der Waals surface area contributed by atoms with Gasteiger partial charge in [-0.3, -0.25) is 0 Å². The average Bonchev–Trinajstić information content (AvgIpc) is 2.47. The Balaban J connectivity index is 2.18. The van der Waals surface area contributed by atoms with Crippen LogP contribution in [0.5, 0.6) is 0 Å². The molecule has 1 saturated heterocycles. The number of hydrogen-bond acceptors (Lipinski definition) is 3. The van der Waals surface area contributed by atoms with E-state index in [9.17, 15) is 0 Å². The normalized spacial score (nSPS) is 21.9. The molecule has 0 spiro atoms. The molecule has 0 radical (unpaired) electrons. The van der Waals surface area contributed by atoms with E-state index >= 15 is 0 Å². The predicted octanol–water partition coefficient (Wildman–Crippen LogP) is 2.77. The molecule has 0 saturated carbocycles. The molecule has 1 unspecified atom stereocenters. The number of rotatable bonds is 1. The van der Waals surface area contributed by atoms with Crippen LogP contribution in [-0.4, -0.2) is 30.8 Å². The Morgan fingerprint density at radius 3 is 3.12 bits per heavy atom. The molecule has 1 aromatic heterocycles. The van der Waals surface area contributed by atoms with Crippen LogP contribution in [0, 0.1) is 6.92 Å². The summed E-state index contributed by atoms with van der Waals surface area (Å²) in [4.78, 5) is 6.77. The zero-order valence-electron chi connectivity index (χ0n) is 9.74. The monoisotopic (exact) mass is 284 g/mol. The summed E-state index contributed by atoms with van der Waals surface area (Å²) >= 11 is 3.47. The number of aromatic nitrogens is 1. The van der Waals surface area contributed by atoms with Crippen molar-refractivity contribution in [1.82, 2.24) is 4.98 Å². The number of anilines is 1. The van der Waals surface area contributed by atoms with Crippen LogP contribution in [-0.2, 0) is 4.74 Å². The minimum atomic E-state index is 0.285. The van der Waals surface area contributed by atoms with Gasteiger partial charge in [0.15, 0.2) is 0 Å². The van der Waals surface area contributed by atoms with E-state index < -0.39 is 0 Å². The summed E-state index contributed by atoms with van der Waals surface area (Å²) in [6.07, 6.45) is 3.23. The van der Waals surface area contributed by atoms with Crippen LogP contribution in [0.4, 0.5) is 5.82 Å². The first-order chi connectivity index (χ1) is 7.66. The predicted molar refractivity (Wildman–Crippen MR) is 68.9 cm³/mol. The Bertz CT molecular complexity index is 370. The highest BCUT2D eigenvalue weighted by Crippen LogP contribution is 2.21. The highest BCUT2D eigenvalue weighted by atomic mass is 79.9. The number of halogens is 1. The fraction of sp³-hybridized carbons (Fsp3) is 0.583. The summed E-state index contributed by atoms with van der Waals surface area (Å²) in [5, 5.41) is 0. The first kappa shape index (κ1) is 11.9. The van der Waals surface area contributed by atoms with Gasteiger partial charge in [-0.05, 0) is 47.8 Å². The fourth-order valence-electron chi connectivity index (χ4n) is 1.90. The number of nitrogens with zero attached hydrogens (tertiary/aromatic N) is 2. The number of aryl methyl sites for hydroxylation is 1. The van der Waals surface area contributed by atoms with Gasteiger partial charge in [0.2, 0.25) is 0 Å². The van der Waals surface area contributed by atoms with Crippen molar-refractivity contribution in [2.24, 2.45) is 0 Å². The number of hydrogen-bond donors (Lipinski definition) is 0. The van der Waals surface area contributed by atoms with Crippen molar-refractivity contribution in [2.75, 3.05) is 24.6 Å². The molecule has 1 aromatic rings. The summed E-state index contributed by atoms with van der Waals surface area (Å²) < 4.78 is 6.69. The van der Waals surface area contributed by atoms with E-state index in [4.69, 9.17) is 4.74 Å². The zero-order chi connectivity index (χ0) is 11.5. The smallest absolute Gasteiger partial charge is 0.128 e. The van der Waals surface area contributed by atoms with Crippen LogP contribution in [0.1, 0.15) is 18.9 Å². The van der Waals surface area contributed by atoms with Gasteiger partial charge in [0.05, 0.1) is 6.10 Å². The second-order valence-corrected chi connectivity index (χ2v) is 5.13. The highest BCUT2D eigenvalue weighted by Gasteiger charge is 2.16. The van der Waals surface area contributed by atoms with Gasteiger partial charge in [-0.25, -0.2) is 4.98 Å². The van der Waals surface area contributed by atoms with E-state index in [1.807, 2.05) is 6.20 Å². The molecule has 0 aromatic carbocycles. The Hall–Kier alpha value is -0.610. The van der Waals surface area contributed by atoms with Gasteiger partial charge in [-0.15, -0.1) is 0 Å². The van der Waals surface area contributed by atoms with Crippen molar-refractivity contribution in [1.29, 1.82) is 0 Å². The maximum absolute atomic E-state index is 5.63. The second-order valence-electron chi connectivity index (χ2n) is 4.27. The Kier molecular flexibility index (Phi) is 3.82. The van der Waals surface area contributed by atoms with Gasteiger partial charge in [0.1, 0.15) is 5.82 Å².